The lowest BCUT2D eigenvalue weighted by atomic mass is 9.53. The van der Waals surface area contributed by atoms with Gasteiger partial charge >= 0.3 is 6.03 Å². The van der Waals surface area contributed by atoms with Crippen molar-refractivity contribution >= 4 is 11.7 Å². The molecule has 2 amide bonds. The summed E-state index contributed by atoms with van der Waals surface area (Å²) in [6, 6.07) is 5.68. The van der Waals surface area contributed by atoms with Gasteiger partial charge < -0.3 is 15.4 Å². The Kier molecular flexibility index (Phi) is 3.51. The Labute approximate surface area is 138 Å². The molecular weight excluding hydrogens is 288 g/mol. The van der Waals surface area contributed by atoms with Crippen LogP contribution in [0.4, 0.5) is 10.5 Å². The van der Waals surface area contributed by atoms with Gasteiger partial charge in [0.25, 0.3) is 0 Å². The molecule has 4 aliphatic rings. The second-order valence-electron chi connectivity index (χ2n) is 7.96. The van der Waals surface area contributed by atoms with Crippen LogP contribution in [0, 0.1) is 24.7 Å². The molecule has 0 atom stereocenters. The van der Waals surface area contributed by atoms with Crippen molar-refractivity contribution in [2.75, 3.05) is 12.4 Å². The molecule has 0 spiro atoms. The van der Waals surface area contributed by atoms with Gasteiger partial charge in [-0.15, -0.1) is 0 Å². The first-order chi connectivity index (χ1) is 11.0. The van der Waals surface area contributed by atoms with Crippen molar-refractivity contribution in [2.24, 2.45) is 17.8 Å². The van der Waals surface area contributed by atoms with Gasteiger partial charge in [-0.05, 0) is 87.0 Å². The fourth-order valence-electron chi connectivity index (χ4n) is 5.56. The van der Waals surface area contributed by atoms with Crippen molar-refractivity contribution in [3.8, 4) is 5.75 Å². The van der Waals surface area contributed by atoms with Crippen molar-refractivity contribution in [1.82, 2.24) is 5.32 Å². The molecule has 1 aromatic rings. The zero-order chi connectivity index (χ0) is 16.0. The molecule has 0 aromatic heterocycles. The zero-order valence-corrected chi connectivity index (χ0v) is 14.0. The van der Waals surface area contributed by atoms with E-state index in [9.17, 15) is 4.79 Å². The number of nitrogens with one attached hydrogen (secondary N) is 2. The summed E-state index contributed by atoms with van der Waals surface area (Å²) in [6.07, 6.45) is 7.69. The Hall–Kier alpha value is -1.71. The van der Waals surface area contributed by atoms with Gasteiger partial charge in [0.05, 0.1) is 7.11 Å². The summed E-state index contributed by atoms with van der Waals surface area (Å²) in [5.41, 5.74) is 1.93. The van der Waals surface area contributed by atoms with Crippen LogP contribution in [0.1, 0.15) is 44.1 Å². The highest BCUT2D eigenvalue weighted by Gasteiger charge is 2.51. The van der Waals surface area contributed by atoms with E-state index in [4.69, 9.17) is 4.74 Å². The van der Waals surface area contributed by atoms with Crippen molar-refractivity contribution in [1.29, 1.82) is 0 Å². The van der Waals surface area contributed by atoms with Crippen LogP contribution in [0.2, 0.25) is 0 Å². The number of rotatable bonds is 3. The van der Waals surface area contributed by atoms with Gasteiger partial charge in [-0.3, -0.25) is 0 Å². The molecule has 23 heavy (non-hydrogen) atoms. The molecule has 0 aliphatic heterocycles. The number of hydrogen-bond donors (Lipinski definition) is 2. The van der Waals surface area contributed by atoms with Gasteiger partial charge in [0.15, 0.2) is 0 Å². The third kappa shape index (κ3) is 2.79. The minimum absolute atomic E-state index is 0.0548. The maximum absolute atomic E-state index is 12.6. The monoisotopic (exact) mass is 314 g/mol. The summed E-state index contributed by atoms with van der Waals surface area (Å²) in [5.74, 6) is 3.33. The van der Waals surface area contributed by atoms with Crippen LogP contribution in [-0.2, 0) is 0 Å². The number of carbonyl (C=O) groups is 1. The number of anilines is 1. The third-order valence-corrected chi connectivity index (χ3v) is 6.10. The molecule has 0 saturated heterocycles. The standard InChI is InChI=1S/C19H26N2O2/c1-12-5-16(23-2)3-4-17(12)20-18(22)21-19-9-13-6-14(10-19)8-15(7-13)11-19/h3-5,13-15H,6-11H2,1-2H3,(H2,20,21,22). The molecule has 0 unspecified atom stereocenters. The highest BCUT2D eigenvalue weighted by atomic mass is 16.5. The zero-order valence-electron chi connectivity index (χ0n) is 14.0. The van der Waals surface area contributed by atoms with Crippen LogP contribution in [0.5, 0.6) is 5.75 Å². The van der Waals surface area contributed by atoms with Crippen LogP contribution < -0.4 is 15.4 Å². The van der Waals surface area contributed by atoms with Gasteiger partial charge in [-0.2, -0.15) is 0 Å². The van der Waals surface area contributed by atoms with E-state index in [1.54, 1.807) is 7.11 Å². The Bertz CT molecular complexity index is 591. The van der Waals surface area contributed by atoms with Crippen LogP contribution in [0.25, 0.3) is 0 Å². The lowest BCUT2D eigenvalue weighted by molar-refractivity contribution is -0.0127. The van der Waals surface area contributed by atoms with E-state index in [0.717, 1.165) is 34.8 Å². The first kappa shape index (κ1) is 14.9. The number of aryl methyl sites for hydroxylation is 1. The number of methoxy groups -OCH3 is 1. The first-order valence-corrected chi connectivity index (χ1v) is 8.79. The van der Waals surface area contributed by atoms with Crippen LogP contribution >= 0.6 is 0 Å². The lowest BCUT2D eigenvalue weighted by Crippen LogP contribution is -2.60. The topological polar surface area (TPSA) is 50.4 Å². The highest BCUT2D eigenvalue weighted by Crippen LogP contribution is 2.55. The number of ether oxygens (including phenoxy) is 1. The van der Waals surface area contributed by atoms with E-state index in [-0.39, 0.29) is 11.6 Å². The molecule has 4 heteroatoms. The number of carbonyl (C=O) groups excluding carboxylic acids is 1. The summed E-state index contributed by atoms with van der Waals surface area (Å²) in [6.45, 7) is 1.99. The van der Waals surface area contributed by atoms with Crippen LogP contribution in [0.3, 0.4) is 0 Å². The normalized spacial score (nSPS) is 34.3. The Morgan fingerprint density at radius 3 is 2.26 bits per heavy atom. The average Bonchev–Trinajstić information content (AvgIpc) is 2.47. The fourth-order valence-corrected chi connectivity index (χ4v) is 5.56. The van der Waals surface area contributed by atoms with Gasteiger partial charge in [-0.25, -0.2) is 4.79 Å². The number of urea groups is 1. The highest BCUT2D eigenvalue weighted by molar-refractivity contribution is 5.90. The molecule has 1 aromatic carbocycles. The van der Waals surface area contributed by atoms with Gasteiger partial charge in [0.1, 0.15) is 5.75 Å². The molecular formula is C19H26N2O2. The SMILES string of the molecule is COc1ccc(NC(=O)NC23CC4CC(CC(C4)C2)C3)c(C)c1. The molecule has 4 bridgehead atoms. The smallest absolute Gasteiger partial charge is 0.319 e. The molecule has 0 radical (unpaired) electrons. The predicted molar refractivity (Wildman–Crippen MR) is 90.8 cm³/mol. The van der Waals surface area contributed by atoms with Gasteiger partial charge in [-0.1, -0.05) is 0 Å². The second kappa shape index (κ2) is 5.43. The van der Waals surface area contributed by atoms with E-state index >= 15 is 0 Å². The second-order valence-corrected chi connectivity index (χ2v) is 7.96. The summed E-state index contributed by atoms with van der Waals surface area (Å²) < 4.78 is 5.22. The maximum atomic E-state index is 12.6. The largest absolute Gasteiger partial charge is 0.497 e. The molecule has 5 rings (SSSR count). The predicted octanol–water partition coefficient (Wildman–Crippen LogP) is 4.09. The van der Waals surface area contributed by atoms with E-state index in [0.29, 0.717) is 0 Å². The van der Waals surface area contributed by atoms with E-state index in [1.165, 1.54) is 38.5 Å². The summed E-state index contributed by atoms with van der Waals surface area (Å²) in [7, 11) is 1.65. The van der Waals surface area contributed by atoms with Crippen molar-refractivity contribution in [2.45, 2.75) is 51.0 Å². The van der Waals surface area contributed by atoms with Crippen LogP contribution in [0.15, 0.2) is 18.2 Å². The molecule has 4 fully saturated rings. The van der Waals surface area contributed by atoms with Crippen molar-refractivity contribution in [3.63, 3.8) is 0 Å². The minimum Gasteiger partial charge on any atom is -0.497 e. The molecule has 2 N–H and O–H groups in total. The molecule has 124 valence electrons. The number of hydrogen-bond acceptors (Lipinski definition) is 2. The Morgan fingerprint density at radius 2 is 1.74 bits per heavy atom. The van der Waals surface area contributed by atoms with Gasteiger partial charge in [0, 0.05) is 11.2 Å². The lowest BCUT2D eigenvalue weighted by Gasteiger charge is -2.56. The number of benzene rings is 1. The number of amides is 2. The summed E-state index contributed by atoms with van der Waals surface area (Å²) >= 11 is 0. The minimum atomic E-state index is -0.0554. The van der Waals surface area contributed by atoms with Crippen LogP contribution in [-0.4, -0.2) is 18.7 Å². The van der Waals surface area contributed by atoms with E-state index < -0.39 is 0 Å². The van der Waals surface area contributed by atoms with E-state index in [1.807, 2.05) is 25.1 Å². The average molecular weight is 314 g/mol. The molecule has 4 saturated carbocycles. The molecule has 4 aliphatic carbocycles. The molecule has 0 heterocycles. The van der Waals surface area contributed by atoms with Gasteiger partial charge in [0.2, 0.25) is 0 Å². The third-order valence-electron chi connectivity index (χ3n) is 6.10. The van der Waals surface area contributed by atoms with Crippen molar-refractivity contribution in [3.05, 3.63) is 23.8 Å². The van der Waals surface area contributed by atoms with Crippen molar-refractivity contribution < 1.29 is 9.53 Å². The summed E-state index contributed by atoms with van der Waals surface area (Å²) in [4.78, 5) is 12.6. The Morgan fingerprint density at radius 1 is 1.13 bits per heavy atom. The fraction of sp³-hybridized carbons (Fsp3) is 0.632. The van der Waals surface area contributed by atoms with E-state index in [2.05, 4.69) is 10.6 Å². The Balaban J connectivity index is 1.44. The maximum Gasteiger partial charge on any atom is 0.319 e. The molecule has 4 nitrogen and oxygen atoms in total. The summed E-state index contributed by atoms with van der Waals surface area (Å²) in [5, 5.41) is 6.38. The first-order valence-electron chi connectivity index (χ1n) is 8.79. The quantitative estimate of drug-likeness (QED) is 0.882.